The molecule has 0 fully saturated rings. The molecular weight excluding hydrogens is 257 g/mol. The topological polar surface area (TPSA) is 59.4 Å². The summed E-state index contributed by atoms with van der Waals surface area (Å²) in [6.45, 7) is 2.06. The van der Waals surface area contributed by atoms with Crippen LogP contribution < -0.4 is 4.74 Å². The maximum Gasteiger partial charge on any atom is 0.335 e. The Labute approximate surface area is 107 Å². The fourth-order valence-electron chi connectivity index (χ4n) is 1.38. The molecule has 2 rings (SSSR count). The highest BCUT2D eigenvalue weighted by atomic mass is 32.1. The van der Waals surface area contributed by atoms with E-state index in [1.165, 1.54) is 17.4 Å². The summed E-state index contributed by atoms with van der Waals surface area (Å²) in [6, 6.07) is 3.38. The smallest absolute Gasteiger partial charge is 0.335 e. The maximum absolute atomic E-state index is 13.2. The van der Waals surface area contributed by atoms with Crippen molar-refractivity contribution < 1.29 is 19.0 Å². The van der Waals surface area contributed by atoms with Crippen molar-refractivity contribution in [1.29, 1.82) is 0 Å². The van der Waals surface area contributed by atoms with Crippen LogP contribution in [-0.2, 0) is 6.61 Å². The summed E-state index contributed by atoms with van der Waals surface area (Å²) in [5, 5.41) is 11.4. The lowest BCUT2D eigenvalue weighted by Crippen LogP contribution is -2.00. The van der Waals surface area contributed by atoms with Crippen LogP contribution in [0, 0.1) is 12.7 Å². The normalized spacial score (nSPS) is 10.3. The molecule has 0 amide bonds. The monoisotopic (exact) mass is 267 g/mol. The van der Waals surface area contributed by atoms with Crippen molar-refractivity contribution >= 4 is 17.3 Å². The molecule has 0 saturated heterocycles. The Morgan fingerprint density at radius 3 is 2.89 bits per heavy atom. The van der Waals surface area contributed by atoms with Crippen LogP contribution in [0.15, 0.2) is 23.6 Å². The van der Waals surface area contributed by atoms with E-state index < -0.39 is 11.8 Å². The number of thiazole rings is 1. The van der Waals surface area contributed by atoms with Crippen LogP contribution in [0.3, 0.4) is 0 Å². The van der Waals surface area contributed by atoms with Gasteiger partial charge in [-0.15, -0.1) is 11.3 Å². The summed E-state index contributed by atoms with van der Waals surface area (Å²) in [5.41, 5.74) is 0.754. The van der Waals surface area contributed by atoms with Crippen molar-refractivity contribution in [2.75, 3.05) is 0 Å². The number of rotatable bonds is 4. The van der Waals surface area contributed by atoms with E-state index in [-0.39, 0.29) is 17.9 Å². The zero-order valence-electron chi connectivity index (χ0n) is 9.51. The molecule has 18 heavy (non-hydrogen) atoms. The number of aryl methyl sites for hydroxylation is 1. The zero-order chi connectivity index (χ0) is 13.1. The molecule has 1 heterocycles. The average Bonchev–Trinajstić information content (AvgIpc) is 2.72. The van der Waals surface area contributed by atoms with Crippen molar-refractivity contribution in [2.45, 2.75) is 13.5 Å². The van der Waals surface area contributed by atoms with Gasteiger partial charge in [-0.25, -0.2) is 14.2 Å². The van der Waals surface area contributed by atoms with Gasteiger partial charge in [-0.1, -0.05) is 0 Å². The first kappa shape index (κ1) is 12.5. The van der Waals surface area contributed by atoms with Crippen molar-refractivity contribution in [3.05, 3.63) is 45.7 Å². The van der Waals surface area contributed by atoms with E-state index in [0.29, 0.717) is 0 Å². The minimum atomic E-state index is -1.19. The Kier molecular flexibility index (Phi) is 3.57. The van der Waals surface area contributed by atoms with Gasteiger partial charge in [-0.05, 0) is 19.1 Å². The SMILES string of the molecule is Cc1csc(COc2cc(F)cc(C(=O)O)c2)n1. The van der Waals surface area contributed by atoms with Crippen LogP contribution in [0.25, 0.3) is 0 Å². The van der Waals surface area contributed by atoms with Crippen molar-refractivity contribution in [3.63, 3.8) is 0 Å². The number of ether oxygens (including phenoxy) is 1. The second-order valence-electron chi connectivity index (χ2n) is 3.65. The summed E-state index contributed by atoms with van der Waals surface area (Å²) in [7, 11) is 0. The summed E-state index contributed by atoms with van der Waals surface area (Å²) in [4.78, 5) is 14.9. The molecule has 0 atom stereocenters. The molecular formula is C12H10FNO3S. The van der Waals surface area contributed by atoms with Gasteiger partial charge in [0.25, 0.3) is 0 Å². The fraction of sp³-hybridized carbons (Fsp3) is 0.167. The molecule has 0 aliphatic rings. The lowest BCUT2D eigenvalue weighted by molar-refractivity contribution is 0.0695. The molecule has 4 nitrogen and oxygen atoms in total. The standard InChI is InChI=1S/C12H10FNO3S/c1-7-6-18-11(14-7)5-17-10-3-8(12(15)16)2-9(13)4-10/h2-4,6H,5H2,1H3,(H,15,16). The quantitative estimate of drug-likeness (QED) is 0.925. The lowest BCUT2D eigenvalue weighted by atomic mass is 10.2. The number of halogens is 1. The highest BCUT2D eigenvalue weighted by molar-refractivity contribution is 7.09. The molecule has 1 N–H and O–H groups in total. The van der Waals surface area contributed by atoms with E-state index in [2.05, 4.69) is 4.98 Å². The third kappa shape index (κ3) is 3.04. The number of carboxylic acids is 1. The van der Waals surface area contributed by atoms with Crippen LogP contribution in [-0.4, -0.2) is 16.1 Å². The largest absolute Gasteiger partial charge is 0.486 e. The van der Waals surface area contributed by atoms with E-state index in [1.807, 2.05) is 12.3 Å². The molecule has 0 radical (unpaired) electrons. The number of carboxylic acid groups (broad SMARTS) is 1. The third-order valence-corrected chi connectivity index (χ3v) is 3.09. The van der Waals surface area contributed by atoms with Gasteiger partial charge >= 0.3 is 5.97 Å². The van der Waals surface area contributed by atoms with Crippen LogP contribution in [0.1, 0.15) is 21.1 Å². The van der Waals surface area contributed by atoms with E-state index in [0.717, 1.165) is 22.8 Å². The molecule has 2 aromatic rings. The average molecular weight is 267 g/mol. The number of hydrogen-bond donors (Lipinski definition) is 1. The molecule has 0 spiro atoms. The Hall–Kier alpha value is -1.95. The van der Waals surface area contributed by atoms with Gasteiger partial charge in [0, 0.05) is 17.1 Å². The number of aromatic carboxylic acids is 1. The predicted octanol–water partition coefficient (Wildman–Crippen LogP) is 2.87. The van der Waals surface area contributed by atoms with Crippen molar-refractivity contribution in [3.8, 4) is 5.75 Å². The van der Waals surface area contributed by atoms with Gasteiger partial charge < -0.3 is 9.84 Å². The number of nitrogens with zero attached hydrogens (tertiary/aromatic N) is 1. The second kappa shape index (κ2) is 5.14. The third-order valence-electron chi connectivity index (χ3n) is 2.15. The Morgan fingerprint density at radius 2 is 2.28 bits per heavy atom. The van der Waals surface area contributed by atoms with Crippen molar-refractivity contribution in [2.24, 2.45) is 0 Å². The van der Waals surface area contributed by atoms with Gasteiger partial charge in [0.15, 0.2) is 0 Å². The molecule has 1 aromatic carbocycles. The van der Waals surface area contributed by atoms with Gasteiger partial charge in [0.1, 0.15) is 23.2 Å². The highest BCUT2D eigenvalue weighted by Gasteiger charge is 2.08. The number of aromatic nitrogens is 1. The van der Waals surface area contributed by atoms with Gasteiger partial charge in [0.05, 0.1) is 5.56 Å². The molecule has 1 aromatic heterocycles. The van der Waals surface area contributed by atoms with Crippen LogP contribution >= 0.6 is 11.3 Å². The number of benzene rings is 1. The van der Waals surface area contributed by atoms with Crippen LogP contribution in [0.2, 0.25) is 0 Å². The van der Waals surface area contributed by atoms with E-state index >= 15 is 0 Å². The second-order valence-corrected chi connectivity index (χ2v) is 4.59. The minimum Gasteiger partial charge on any atom is -0.486 e. The lowest BCUT2D eigenvalue weighted by Gasteiger charge is -2.05. The summed E-state index contributed by atoms with van der Waals surface area (Å²) >= 11 is 1.44. The van der Waals surface area contributed by atoms with Gasteiger partial charge in [0.2, 0.25) is 0 Å². The molecule has 0 unspecified atom stereocenters. The van der Waals surface area contributed by atoms with Gasteiger partial charge in [-0.2, -0.15) is 0 Å². The minimum absolute atomic E-state index is 0.139. The van der Waals surface area contributed by atoms with E-state index in [4.69, 9.17) is 9.84 Å². The van der Waals surface area contributed by atoms with Crippen molar-refractivity contribution in [1.82, 2.24) is 4.98 Å². The van der Waals surface area contributed by atoms with Crippen LogP contribution in [0.5, 0.6) is 5.75 Å². The summed E-state index contributed by atoms with van der Waals surface area (Å²) in [6.07, 6.45) is 0. The molecule has 0 saturated carbocycles. The first-order valence-electron chi connectivity index (χ1n) is 5.12. The fourth-order valence-corrected chi connectivity index (χ4v) is 2.07. The predicted molar refractivity (Wildman–Crippen MR) is 64.5 cm³/mol. The van der Waals surface area contributed by atoms with Gasteiger partial charge in [-0.3, -0.25) is 0 Å². The molecule has 6 heteroatoms. The van der Waals surface area contributed by atoms with E-state index in [9.17, 15) is 9.18 Å². The van der Waals surface area contributed by atoms with Crippen LogP contribution in [0.4, 0.5) is 4.39 Å². The molecule has 0 aliphatic carbocycles. The number of carbonyl (C=O) groups is 1. The summed E-state index contributed by atoms with van der Waals surface area (Å²) < 4.78 is 18.5. The Bertz CT molecular complexity index is 582. The Morgan fingerprint density at radius 1 is 1.50 bits per heavy atom. The zero-order valence-corrected chi connectivity index (χ0v) is 10.3. The molecule has 0 aliphatic heterocycles. The first-order chi connectivity index (χ1) is 8.54. The molecule has 0 bridgehead atoms. The highest BCUT2D eigenvalue weighted by Crippen LogP contribution is 2.19. The first-order valence-corrected chi connectivity index (χ1v) is 6.00. The summed E-state index contributed by atoms with van der Waals surface area (Å²) in [5.74, 6) is -1.65. The Balaban J connectivity index is 2.11. The van der Waals surface area contributed by atoms with E-state index in [1.54, 1.807) is 0 Å². The number of hydrogen-bond acceptors (Lipinski definition) is 4. The molecule has 94 valence electrons. The maximum atomic E-state index is 13.2.